The molecule has 0 aliphatic heterocycles. The number of carbonyl (C=O) groups is 1. The maximum atomic E-state index is 14.2. The van der Waals surface area contributed by atoms with Crippen molar-refractivity contribution in [2.24, 2.45) is 0 Å². The lowest BCUT2D eigenvalue weighted by Gasteiger charge is -2.10. The molecule has 0 aliphatic carbocycles. The molecule has 25 heavy (non-hydrogen) atoms. The first-order valence-electron chi connectivity index (χ1n) is 7.75. The second kappa shape index (κ2) is 6.47. The van der Waals surface area contributed by atoms with Crippen LogP contribution in [-0.2, 0) is 17.8 Å². The molecule has 130 valence electrons. The van der Waals surface area contributed by atoms with Crippen LogP contribution in [0.15, 0.2) is 36.4 Å². The number of carboxylic acid groups (broad SMARTS) is 1. The van der Waals surface area contributed by atoms with Crippen LogP contribution >= 0.6 is 0 Å². The Morgan fingerprint density at radius 1 is 1.24 bits per heavy atom. The Bertz CT molecular complexity index is 944. The zero-order chi connectivity index (χ0) is 18.1. The van der Waals surface area contributed by atoms with Crippen molar-refractivity contribution in [1.82, 2.24) is 4.57 Å². The number of phenols is 1. The van der Waals surface area contributed by atoms with E-state index in [1.807, 2.05) is 11.5 Å². The van der Waals surface area contributed by atoms with Gasteiger partial charge in [0.05, 0.1) is 19.0 Å². The number of benzene rings is 2. The highest BCUT2D eigenvalue weighted by Gasteiger charge is 2.19. The predicted octanol–water partition coefficient (Wildman–Crippen LogP) is 3.48. The van der Waals surface area contributed by atoms with Gasteiger partial charge in [-0.05, 0) is 36.2 Å². The molecule has 0 saturated heterocycles. The van der Waals surface area contributed by atoms with E-state index in [0.29, 0.717) is 23.0 Å². The molecule has 1 heterocycles. The van der Waals surface area contributed by atoms with Crippen molar-refractivity contribution in [3.63, 3.8) is 0 Å². The smallest absolute Gasteiger partial charge is 0.307 e. The van der Waals surface area contributed by atoms with Crippen LogP contribution in [0.3, 0.4) is 0 Å². The van der Waals surface area contributed by atoms with Gasteiger partial charge in [-0.25, -0.2) is 4.39 Å². The fourth-order valence-corrected chi connectivity index (χ4v) is 3.06. The molecule has 0 spiro atoms. The largest absolute Gasteiger partial charge is 0.508 e. The molecule has 0 fully saturated rings. The number of rotatable bonds is 5. The topological polar surface area (TPSA) is 71.7 Å². The molecule has 0 atom stereocenters. The van der Waals surface area contributed by atoms with Crippen molar-refractivity contribution in [3.05, 3.63) is 59.0 Å². The minimum absolute atomic E-state index is 0.0842. The van der Waals surface area contributed by atoms with Gasteiger partial charge in [-0.2, -0.15) is 0 Å². The van der Waals surface area contributed by atoms with E-state index in [0.717, 1.165) is 11.3 Å². The number of phenolic OH excluding ortho intramolecular Hbond substituents is 1. The molecule has 0 bridgehead atoms. The summed E-state index contributed by atoms with van der Waals surface area (Å²) < 4.78 is 21.1. The van der Waals surface area contributed by atoms with E-state index >= 15 is 0 Å². The van der Waals surface area contributed by atoms with Gasteiger partial charge in [0.1, 0.15) is 5.75 Å². The van der Waals surface area contributed by atoms with Crippen molar-refractivity contribution in [2.75, 3.05) is 7.11 Å². The van der Waals surface area contributed by atoms with Gasteiger partial charge in [0.25, 0.3) is 0 Å². The summed E-state index contributed by atoms with van der Waals surface area (Å²) in [7, 11) is 1.38. The van der Waals surface area contributed by atoms with Gasteiger partial charge < -0.3 is 19.5 Å². The van der Waals surface area contributed by atoms with Gasteiger partial charge in [0.2, 0.25) is 0 Å². The Morgan fingerprint density at radius 2 is 1.92 bits per heavy atom. The number of carboxylic acids is 1. The first-order valence-corrected chi connectivity index (χ1v) is 7.75. The van der Waals surface area contributed by atoms with Crippen molar-refractivity contribution in [2.45, 2.75) is 19.9 Å². The molecule has 2 aromatic carbocycles. The van der Waals surface area contributed by atoms with E-state index in [9.17, 15) is 19.4 Å². The van der Waals surface area contributed by atoms with Crippen LogP contribution in [0.1, 0.15) is 16.8 Å². The second-order valence-corrected chi connectivity index (χ2v) is 5.89. The molecular formula is C19H18FNO4. The zero-order valence-corrected chi connectivity index (χ0v) is 13.9. The Kier molecular flexibility index (Phi) is 4.35. The van der Waals surface area contributed by atoms with Crippen LogP contribution in [-0.4, -0.2) is 27.9 Å². The Labute approximate surface area is 143 Å². The molecule has 0 saturated carbocycles. The fraction of sp³-hybridized carbons (Fsp3) is 0.211. The Hall–Kier alpha value is -3.02. The zero-order valence-electron chi connectivity index (χ0n) is 13.9. The van der Waals surface area contributed by atoms with Crippen LogP contribution < -0.4 is 4.74 Å². The first-order chi connectivity index (χ1) is 11.9. The van der Waals surface area contributed by atoms with Crippen LogP contribution in [0.25, 0.3) is 10.9 Å². The summed E-state index contributed by atoms with van der Waals surface area (Å²) in [6.07, 6.45) is -0.153. The summed E-state index contributed by atoms with van der Waals surface area (Å²) in [6, 6.07) is 9.63. The quantitative estimate of drug-likeness (QED) is 0.744. The second-order valence-electron chi connectivity index (χ2n) is 5.89. The minimum Gasteiger partial charge on any atom is -0.508 e. The number of halogens is 1. The number of hydrogen-bond acceptors (Lipinski definition) is 3. The molecule has 0 amide bonds. The summed E-state index contributed by atoms with van der Waals surface area (Å²) in [5, 5.41) is 19.3. The lowest BCUT2D eigenvalue weighted by Crippen LogP contribution is -2.05. The minimum atomic E-state index is -0.949. The molecule has 1 aromatic heterocycles. The number of hydrogen-bond donors (Lipinski definition) is 2. The van der Waals surface area contributed by atoms with Crippen molar-refractivity contribution in [3.8, 4) is 11.5 Å². The molecule has 0 radical (unpaired) electrons. The average Bonchev–Trinajstić information content (AvgIpc) is 2.80. The van der Waals surface area contributed by atoms with E-state index in [-0.39, 0.29) is 17.9 Å². The highest BCUT2D eigenvalue weighted by atomic mass is 19.1. The maximum Gasteiger partial charge on any atom is 0.307 e. The number of ether oxygens (including phenoxy) is 1. The van der Waals surface area contributed by atoms with Crippen LogP contribution in [0, 0.1) is 12.7 Å². The van der Waals surface area contributed by atoms with Crippen LogP contribution in [0.2, 0.25) is 0 Å². The fourth-order valence-electron chi connectivity index (χ4n) is 3.06. The number of aromatic hydroxyl groups is 1. The van der Waals surface area contributed by atoms with Crippen LogP contribution in [0.5, 0.6) is 11.5 Å². The highest BCUT2D eigenvalue weighted by Crippen LogP contribution is 2.32. The Balaban J connectivity index is 2.19. The number of nitrogens with zero attached hydrogens (tertiary/aromatic N) is 1. The normalized spacial score (nSPS) is 11.0. The lowest BCUT2D eigenvalue weighted by molar-refractivity contribution is -0.136. The third-order valence-corrected chi connectivity index (χ3v) is 4.33. The molecular weight excluding hydrogens is 325 g/mol. The van der Waals surface area contributed by atoms with E-state index in [1.165, 1.54) is 13.2 Å². The summed E-state index contributed by atoms with van der Waals surface area (Å²) >= 11 is 0. The number of methoxy groups -OCH3 is 1. The third kappa shape index (κ3) is 3.15. The Morgan fingerprint density at radius 3 is 2.52 bits per heavy atom. The summed E-state index contributed by atoms with van der Waals surface area (Å²) in [6.45, 7) is 2.26. The maximum absolute atomic E-state index is 14.2. The number of aliphatic carboxylic acids is 1. The molecule has 2 N–H and O–H groups in total. The van der Waals surface area contributed by atoms with Gasteiger partial charge >= 0.3 is 5.97 Å². The summed E-state index contributed by atoms with van der Waals surface area (Å²) in [4.78, 5) is 11.2. The van der Waals surface area contributed by atoms with Crippen molar-refractivity contribution in [1.29, 1.82) is 0 Å². The number of aromatic nitrogens is 1. The average molecular weight is 343 g/mol. The first kappa shape index (κ1) is 16.8. The van der Waals surface area contributed by atoms with Crippen molar-refractivity contribution < 1.29 is 24.1 Å². The van der Waals surface area contributed by atoms with Crippen molar-refractivity contribution >= 4 is 16.9 Å². The van der Waals surface area contributed by atoms with Gasteiger partial charge in [0.15, 0.2) is 11.6 Å². The molecule has 5 nitrogen and oxygen atoms in total. The SMILES string of the molecule is COc1cc2c(CC(=O)O)c(C)n(Cc3ccc(O)cc3)c2cc1F. The van der Waals surface area contributed by atoms with Gasteiger partial charge in [0, 0.05) is 23.7 Å². The molecule has 0 unspecified atom stereocenters. The van der Waals surface area contributed by atoms with Crippen LogP contribution in [0.4, 0.5) is 4.39 Å². The third-order valence-electron chi connectivity index (χ3n) is 4.33. The lowest BCUT2D eigenvalue weighted by atomic mass is 10.1. The highest BCUT2D eigenvalue weighted by molar-refractivity contribution is 5.90. The van der Waals surface area contributed by atoms with E-state index in [4.69, 9.17) is 4.74 Å². The van der Waals surface area contributed by atoms with E-state index in [2.05, 4.69) is 0 Å². The van der Waals surface area contributed by atoms with Gasteiger partial charge in [-0.3, -0.25) is 4.79 Å². The standard InChI is InChI=1S/C19H18FNO4/c1-11-14(8-19(23)24)15-7-18(25-2)16(20)9-17(15)21(11)10-12-3-5-13(22)6-4-12/h3-7,9,22H,8,10H2,1-2H3,(H,23,24). The number of fused-ring (bicyclic) bond motifs is 1. The molecule has 0 aliphatic rings. The molecule has 3 aromatic rings. The molecule has 6 heteroatoms. The summed E-state index contributed by atoms with van der Waals surface area (Å²) in [5.41, 5.74) is 2.92. The monoisotopic (exact) mass is 343 g/mol. The van der Waals surface area contributed by atoms with Gasteiger partial charge in [-0.1, -0.05) is 12.1 Å². The molecule has 3 rings (SSSR count). The van der Waals surface area contributed by atoms with Gasteiger partial charge in [-0.15, -0.1) is 0 Å². The summed E-state index contributed by atoms with van der Waals surface area (Å²) in [5.74, 6) is -1.20. The van der Waals surface area contributed by atoms with E-state index < -0.39 is 11.8 Å². The van der Waals surface area contributed by atoms with E-state index in [1.54, 1.807) is 30.3 Å². The predicted molar refractivity (Wildman–Crippen MR) is 91.7 cm³/mol.